The monoisotopic (exact) mass is 218 g/mol. The Hall–Kier alpha value is -1.42. The Bertz CT molecular complexity index is 433. The number of carbonyl (C=O) groups excluding carboxylic acids is 1. The molecule has 1 amide bonds. The summed E-state index contributed by atoms with van der Waals surface area (Å²) < 4.78 is 5.41. The van der Waals surface area contributed by atoms with E-state index >= 15 is 0 Å². The van der Waals surface area contributed by atoms with Gasteiger partial charge in [-0.3, -0.25) is 9.78 Å². The molecule has 3 heterocycles. The van der Waals surface area contributed by atoms with E-state index in [0.717, 1.165) is 25.1 Å². The van der Waals surface area contributed by atoms with Crippen LogP contribution in [0.2, 0.25) is 0 Å². The van der Waals surface area contributed by atoms with Gasteiger partial charge in [-0.25, -0.2) is 0 Å². The summed E-state index contributed by atoms with van der Waals surface area (Å²) in [6.45, 7) is 3.48. The molecule has 4 nitrogen and oxygen atoms in total. The Labute approximate surface area is 94.2 Å². The van der Waals surface area contributed by atoms with Crippen LogP contribution in [0, 0.1) is 6.92 Å². The van der Waals surface area contributed by atoms with Crippen LogP contribution in [0.1, 0.15) is 22.3 Å². The molecule has 0 aliphatic carbocycles. The minimum atomic E-state index is 0.0742. The molecule has 2 fully saturated rings. The van der Waals surface area contributed by atoms with Crippen molar-refractivity contribution < 1.29 is 9.53 Å². The van der Waals surface area contributed by atoms with Crippen LogP contribution in [-0.2, 0) is 4.74 Å². The number of amides is 1. The van der Waals surface area contributed by atoms with Crippen molar-refractivity contribution in [2.45, 2.75) is 25.6 Å². The van der Waals surface area contributed by atoms with Crippen molar-refractivity contribution in [3.8, 4) is 0 Å². The third kappa shape index (κ3) is 1.69. The van der Waals surface area contributed by atoms with Crippen LogP contribution in [0.15, 0.2) is 18.5 Å². The Morgan fingerprint density at radius 1 is 1.50 bits per heavy atom. The van der Waals surface area contributed by atoms with Crippen LogP contribution in [-0.4, -0.2) is 41.1 Å². The van der Waals surface area contributed by atoms with Gasteiger partial charge in [-0.15, -0.1) is 0 Å². The zero-order valence-corrected chi connectivity index (χ0v) is 9.22. The lowest BCUT2D eigenvalue weighted by Crippen LogP contribution is -2.39. The van der Waals surface area contributed by atoms with Crippen molar-refractivity contribution in [3.05, 3.63) is 29.6 Å². The summed E-state index contributed by atoms with van der Waals surface area (Å²) in [6, 6.07) is 1.88. The Morgan fingerprint density at radius 3 is 3.12 bits per heavy atom. The van der Waals surface area contributed by atoms with Gasteiger partial charge in [-0.1, -0.05) is 0 Å². The number of carbonyl (C=O) groups is 1. The average Bonchev–Trinajstić information content (AvgIpc) is 3.06. The molecule has 2 saturated heterocycles. The maximum Gasteiger partial charge on any atom is 0.255 e. The van der Waals surface area contributed by atoms with Crippen molar-refractivity contribution in [3.63, 3.8) is 0 Å². The first-order chi connectivity index (χ1) is 7.74. The number of likely N-dealkylation sites (tertiary alicyclic amines) is 1. The number of hydrogen-bond acceptors (Lipinski definition) is 3. The summed E-state index contributed by atoms with van der Waals surface area (Å²) in [5, 5.41) is 0. The molecule has 2 aliphatic heterocycles. The van der Waals surface area contributed by atoms with Gasteiger partial charge >= 0.3 is 0 Å². The highest BCUT2D eigenvalue weighted by molar-refractivity contribution is 5.94. The second kappa shape index (κ2) is 3.56. The Morgan fingerprint density at radius 2 is 2.38 bits per heavy atom. The highest BCUT2D eigenvalue weighted by Crippen LogP contribution is 2.31. The smallest absolute Gasteiger partial charge is 0.255 e. The van der Waals surface area contributed by atoms with Crippen molar-refractivity contribution >= 4 is 5.91 Å². The topological polar surface area (TPSA) is 45.7 Å². The van der Waals surface area contributed by atoms with E-state index in [1.54, 1.807) is 12.4 Å². The molecular weight excluding hydrogens is 204 g/mol. The predicted molar refractivity (Wildman–Crippen MR) is 58.2 cm³/mol. The lowest BCUT2D eigenvalue weighted by Gasteiger charge is -2.24. The molecule has 16 heavy (non-hydrogen) atoms. The number of aryl methyl sites for hydroxylation is 1. The molecule has 84 valence electrons. The average molecular weight is 218 g/mol. The number of piperidine rings is 1. The molecule has 0 unspecified atom stereocenters. The summed E-state index contributed by atoms with van der Waals surface area (Å²) >= 11 is 0. The molecular formula is C12H14N2O2. The zero-order valence-electron chi connectivity index (χ0n) is 9.22. The molecule has 3 rings (SSSR count). The largest absolute Gasteiger partial charge is 0.368 e. The van der Waals surface area contributed by atoms with E-state index in [0.29, 0.717) is 11.7 Å². The number of ether oxygens (including phenoxy) is 1. The maximum absolute atomic E-state index is 12.1. The fourth-order valence-corrected chi connectivity index (χ4v) is 2.22. The van der Waals surface area contributed by atoms with Gasteiger partial charge in [0.15, 0.2) is 0 Å². The van der Waals surface area contributed by atoms with E-state index in [1.807, 2.05) is 17.9 Å². The van der Waals surface area contributed by atoms with E-state index in [2.05, 4.69) is 4.98 Å². The Kier molecular flexibility index (Phi) is 2.17. The van der Waals surface area contributed by atoms with Gasteiger partial charge in [0, 0.05) is 25.5 Å². The summed E-state index contributed by atoms with van der Waals surface area (Å²) in [7, 11) is 0. The molecule has 0 bridgehead atoms. The first kappa shape index (κ1) is 9.78. The fraction of sp³-hybridized carbons (Fsp3) is 0.500. The molecule has 1 aromatic rings. The number of epoxide rings is 1. The highest BCUT2D eigenvalue weighted by atomic mass is 16.6. The summed E-state index contributed by atoms with van der Waals surface area (Å²) in [5.41, 5.74) is 1.70. The molecule has 0 saturated carbocycles. The number of hydrogen-bond donors (Lipinski definition) is 0. The van der Waals surface area contributed by atoms with Gasteiger partial charge in [0.25, 0.3) is 5.91 Å². The van der Waals surface area contributed by atoms with E-state index in [1.165, 1.54) is 0 Å². The molecule has 2 atom stereocenters. The van der Waals surface area contributed by atoms with Crippen molar-refractivity contribution in [2.24, 2.45) is 0 Å². The third-order valence-corrected chi connectivity index (χ3v) is 3.18. The van der Waals surface area contributed by atoms with Crippen LogP contribution in [0.3, 0.4) is 0 Å². The number of fused-ring (bicyclic) bond motifs is 1. The number of rotatable bonds is 1. The first-order valence-electron chi connectivity index (χ1n) is 5.60. The van der Waals surface area contributed by atoms with Gasteiger partial charge < -0.3 is 9.64 Å². The van der Waals surface area contributed by atoms with E-state index < -0.39 is 0 Å². The van der Waals surface area contributed by atoms with Gasteiger partial charge in [-0.2, -0.15) is 0 Å². The first-order valence-corrected chi connectivity index (χ1v) is 5.60. The predicted octanol–water partition coefficient (Wildman–Crippen LogP) is 1.00. The molecule has 1 aromatic heterocycles. The van der Waals surface area contributed by atoms with Crippen LogP contribution in [0.25, 0.3) is 0 Å². The minimum Gasteiger partial charge on any atom is -0.368 e. The molecule has 0 aromatic carbocycles. The van der Waals surface area contributed by atoms with Crippen LogP contribution >= 0.6 is 0 Å². The molecule has 0 spiro atoms. The van der Waals surface area contributed by atoms with E-state index in [4.69, 9.17) is 4.74 Å². The molecule has 0 N–H and O–H groups in total. The van der Waals surface area contributed by atoms with Crippen LogP contribution in [0.5, 0.6) is 0 Å². The quantitative estimate of drug-likeness (QED) is 0.661. The van der Waals surface area contributed by atoms with E-state index in [9.17, 15) is 4.79 Å². The summed E-state index contributed by atoms with van der Waals surface area (Å²) in [5.74, 6) is 0.0742. The van der Waals surface area contributed by atoms with Crippen molar-refractivity contribution in [1.29, 1.82) is 0 Å². The molecule has 2 aliphatic rings. The lowest BCUT2D eigenvalue weighted by molar-refractivity contribution is 0.0736. The van der Waals surface area contributed by atoms with Crippen LogP contribution < -0.4 is 0 Å². The molecule has 4 heteroatoms. The minimum absolute atomic E-state index is 0.0742. The normalized spacial score (nSPS) is 27.4. The third-order valence-electron chi connectivity index (χ3n) is 3.18. The van der Waals surface area contributed by atoms with E-state index in [-0.39, 0.29) is 12.0 Å². The summed E-state index contributed by atoms with van der Waals surface area (Å²) in [4.78, 5) is 18.1. The maximum atomic E-state index is 12.1. The SMILES string of the molecule is Cc1cncc(C(=O)N2CC[C@H]3O[C@H]3C2)c1. The van der Waals surface area contributed by atoms with Crippen molar-refractivity contribution in [1.82, 2.24) is 9.88 Å². The van der Waals surface area contributed by atoms with Gasteiger partial charge in [0.05, 0.1) is 11.7 Å². The lowest BCUT2D eigenvalue weighted by atomic mass is 10.1. The van der Waals surface area contributed by atoms with Gasteiger partial charge in [0.2, 0.25) is 0 Å². The standard InChI is InChI=1S/C12H14N2O2/c1-8-4-9(6-13-5-8)12(15)14-3-2-10-11(7-14)16-10/h4-6,10-11H,2-3,7H2,1H3/t10-,11+/m1/s1. The zero-order chi connectivity index (χ0) is 11.1. The highest BCUT2D eigenvalue weighted by Gasteiger charge is 2.44. The molecule has 0 radical (unpaired) electrons. The number of pyridine rings is 1. The second-order valence-corrected chi connectivity index (χ2v) is 4.50. The van der Waals surface area contributed by atoms with Crippen LogP contribution in [0.4, 0.5) is 0 Å². The van der Waals surface area contributed by atoms with Crippen molar-refractivity contribution in [2.75, 3.05) is 13.1 Å². The number of nitrogens with zero attached hydrogens (tertiary/aromatic N) is 2. The Balaban J connectivity index is 1.76. The fourth-order valence-electron chi connectivity index (χ4n) is 2.22. The summed E-state index contributed by atoms with van der Waals surface area (Å²) in [6.07, 6.45) is 5.06. The number of aromatic nitrogens is 1. The second-order valence-electron chi connectivity index (χ2n) is 4.50. The van der Waals surface area contributed by atoms with Gasteiger partial charge in [0.1, 0.15) is 6.10 Å². The van der Waals surface area contributed by atoms with Gasteiger partial charge in [-0.05, 0) is 25.0 Å².